The van der Waals surface area contributed by atoms with Crippen LogP contribution in [-0.4, -0.2) is 0 Å². The molecular formula is C22H16NP. The van der Waals surface area contributed by atoms with E-state index < -0.39 is 0 Å². The van der Waals surface area contributed by atoms with Gasteiger partial charge in [-0.1, -0.05) is 54.3 Å². The summed E-state index contributed by atoms with van der Waals surface area (Å²) in [6, 6.07) is 24.3. The van der Waals surface area contributed by atoms with E-state index in [1.807, 2.05) is 61.5 Å². The SMILES string of the molecule is Cc1cc(-c2ccc(C#Cc3ccccc3P)cc2)ccc1C#N. The van der Waals surface area contributed by atoms with Gasteiger partial charge in [-0.2, -0.15) is 5.26 Å². The Hall–Kier alpha value is -2.86. The van der Waals surface area contributed by atoms with Crippen molar-refractivity contribution in [1.82, 2.24) is 0 Å². The van der Waals surface area contributed by atoms with Gasteiger partial charge in [-0.05, 0) is 53.2 Å². The highest BCUT2D eigenvalue weighted by Gasteiger charge is 2.02. The van der Waals surface area contributed by atoms with Crippen molar-refractivity contribution in [2.45, 2.75) is 6.92 Å². The number of nitriles is 1. The maximum Gasteiger partial charge on any atom is 0.0994 e. The second-order valence-electron chi connectivity index (χ2n) is 5.56. The van der Waals surface area contributed by atoms with E-state index >= 15 is 0 Å². The van der Waals surface area contributed by atoms with Crippen LogP contribution >= 0.6 is 9.24 Å². The van der Waals surface area contributed by atoms with Crippen molar-refractivity contribution in [2.24, 2.45) is 0 Å². The van der Waals surface area contributed by atoms with Crippen LogP contribution in [-0.2, 0) is 0 Å². The lowest BCUT2D eigenvalue weighted by Gasteiger charge is -2.04. The molecule has 0 amide bonds. The molecule has 0 aliphatic rings. The van der Waals surface area contributed by atoms with Crippen molar-refractivity contribution < 1.29 is 0 Å². The largest absolute Gasteiger partial charge is 0.192 e. The molecule has 24 heavy (non-hydrogen) atoms. The van der Waals surface area contributed by atoms with Gasteiger partial charge in [0.15, 0.2) is 0 Å². The molecule has 114 valence electrons. The molecule has 0 radical (unpaired) electrons. The van der Waals surface area contributed by atoms with Gasteiger partial charge in [0, 0.05) is 11.1 Å². The zero-order valence-electron chi connectivity index (χ0n) is 13.4. The molecule has 0 N–H and O–H groups in total. The highest BCUT2D eigenvalue weighted by atomic mass is 31.0. The molecule has 0 saturated heterocycles. The van der Waals surface area contributed by atoms with Gasteiger partial charge < -0.3 is 0 Å². The molecular weight excluding hydrogens is 309 g/mol. The number of hydrogen-bond donors (Lipinski definition) is 0. The van der Waals surface area contributed by atoms with E-state index in [4.69, 9.17) is 5.26 Å². The van der Waals surface area contributed by atoms with Crippen molar-refractivity contribution in [3.63, 3.8) is 0 Å². The van der Waals surface area contributed by atoms with Gasteiger partial charge in [0.25, 0.3) is 0 Å². The molecule has 3 rings (SSSR count). The molecule has 1 atom stereocenters. The minimum Gasteiger partial charge on any atom is -0.192 e. The van der Waals surface area contributed by atoms with Gasteiger partial charge in [0.2, 0.25) is 0 Å². The minimum atomic E-state index is 0.720. The Morgan fingerprint density at radius 1 is 0.792 bits per heavy atom. The fraction of sp³-hybridized carbons (Fsp3) is 0.0455. The van der Waals surface area contributed by atoms with Crippen molar-refractivity contribution in [3.8, 4) is 29.0 Å². The van der Waals surface area contributed by atoms with Gasteiger partial charge in [0.05, 0.1) is 11.6 Å². The monoisotopic (exact) mass is 325 g/mol. The molecule has 0 heterocycles. The van der Waals surface area contributed by atoms with Crippen LogP contribution in [0.5, 0.6) is 0 Å². The lowest BCUT2D eigenvalue weighted by molar-refractivity contribution is 1.39. The first-order chi connectivity index (χ1) is 11.7. The second-order valence-corrected chi connectivity index (χ2v) is 6.18. The van der Waals surface area contributed by atoms with Crippen molar-refractivity contribution >= 4 is 14.5 Å². The lowest BCUT2D eigenvalue weighted by atomic mass is 9.99. The van der Waals surface area contributed by atoms with Crippen LogP contribution in [0, 0.1) is 30.1 Å². The first kappa shape index (κ1) is 16.0. The molecule has 2 heteroatoms. The van der Waals surface area contributed by atoms with E-state index in [1.54, 1.807) is 0 Å². The van der Waals surface area contributed by atoms with E-state index in [1.165, 1.54) is 0 Å². The Labute approximate surface area is 145 Å². The highest BCUT2D eigenvalue weighted by molar-refractivity contribution is 7.27. The fourth-order valence-electron chi connectivity index (χ4n) is 2.47. The van der Waals surface area contributed by atoms with Crippen molar-refractivity contribution in [2.75, 3.05) is 0 Å². The molecule has 3 aromatic carbocycles. The lowest BCUT2D eigenvalue weighted by Crippen LogP contribution is -1.95. The zero-order valence-corrected chi connectivity index (χ0v) is 14.5. The van der Waals surface area contributed by atoms with E-state index in [0.29, 0.717) is 0 Å². The predicted molar refractivity (Wildman–Crippen MR) is 103 cm³/mol. The maximum atomic E-state index is 9.02. The molecule has 3 aromatic rings. The van der Waals surface area contributed by atoms with Crippen LogP contribution < -0.4 is 5.30 Å². The summed E-state index contributed by atoms with van der Waals surface area (Å²) in [5.41, 5.74) is 5.96. The Morgan fingerprint density at radius 3 is 2.17 bits per heavy atom. The zero-order chi connectivity index (χ0) is 16.9. The van der Waals surface area contributed by atoms with Crippen LogP contribution in [0.25, 0.3) is 11.1 Å². The highest BCUT2D eigenvalue weighted by Crippen LogP contribution is 2.22. The standard InChI is InChI=1S/C22H16NP/c1-16-14-20(12-13-21(16)15-23)18-9-6-17(7-10-18)8-11-19-4-2-3-5-22(19)24/h2-7,9-10,12-14H,24H2,1H3. The smallest absolute Gasteiger partial charge is 0.0994 e. The molecule has 0 spiro atoms. The number of aryl methyl sites for hydroxylation is 1. The minimum absolute atomic E-state index is 0.720. The summed E-state index contributed by atoms with van der Waals surface area (Å²) in [4.78, 5) is 0. The van der Waals surface area contributed by atoms with Crippen LogP contribution in [0.1, 0.15) is 22.3 Å². The molecule has 0 aliphatic heterocycles. The Kier molecular flexibility index (Phi) is 4.77. The Morgan fingerprint density at radius 2 is 1.50 bits per heavy atom. The maximum absolute atomic E-state index is 9.02. The molecule has 1 unspecified atom stereocenters. The van der Waals surface area contributed by atoms with Gasteiger partial charge >= 0.3 is 0 Å². The van der Waals surface area contributed by atoms with E-state index in [2.05, 4.69) is 39.3 Å². The average Bonchev–Trinajstić information content (AvgIpc) is 2.61. The van der Waals surface area contributed by atoms with Gasteiger partial charge in [-0.25, -0.2) is 0 Å². The molecule has 0 fully saturated rings. The topological polar surface area (TPSA) is 23.8 Å². The van der Waals surface area contributed by atoms with Crippen molar-refractivity contribution in [1.29, 1.82) is 5.26 Å². The number of rotatable bonds is 1. The predicted octanol–water partition coefficient (Wildman–Crippen LogP) is 4.43. The van der Waals surface area contributed by atoms with Gasteiger partial charge in [0.1, 0.15) is 0 Å². The van der Waals surface area contributed by atoms with Crippen LogP contribution in [0.4, 0.5) is 0 Å². The third-order valence-electron chi connectivity index (χ3n) is 3.87. The van der Waals surface area contributed by atoms with Gasteiger partial charge in [-0.3, -0.25) is 0 Å². The molecule has 1 nitrogen and oxygen atoms in total. The summed E-state index contributed by atoms with van der Waals surface area (Å²) in [5.74, 6) is 6.41. The van der Waals surface area contributed by atoms with Crippen LogP contribution in [0.15, 0.2) is 66.7 Å². The first-order valence-corrected chi connectivity index (χ1v) is 8.23. The summed E-state index contributed by atoms with van der Waals surface area (Å²) < 4.78 is 0. The first-order valence-electron chi connectivity index (χ1n) is 7.65. The third-order valence-corrected chi connectivity index (χ3v) is 4.37. The van der Waals surface area contributed by atoms with Gasteiger partial charge in [-0.15, -0.1) is 9.24 Å². The number of nitrogens with zero attached hydrogens (tertiary/aromatic N) is 1. The molecule has 0 aromatic heterocycles. The van der Waals surface area contributed by atoms with Crippen molar-refractivity contribution in [3.05, 3.63) is 89.0 Å². The summed E-state index contributed by atoms with van der Waals surface area (Å²) in [7, 11) is 2.71. The summed E-state index contributed by atoms with van der Waals surface area (Å²) >= 11 is 0. The van der Waals surface area contributed by atoms with Crippen LogP contribution in [0.2, 0.25) is 0 Å². The quantitative estimate of drug-likeness (QED) is 0.479. The van der Waals surface area contributed by atoms with E-state index in [-0.39, 0.29) is 0 Å². The van der Waals surface area contributed by atoms with E-state index in [9.17, 15) is 0 Å². The normalized spacial score (nSPS) is 9.71. The Balaban J connectivity index is 1.86. The second kappa shape index (κ2) is 7.14. The number of benzene rings is 3. The molecule has 0 bridgehead atoms. The summed E-state index contributed by atoms with van der Waals surface area (Å²) in [5, 5.41) is 10.1. The molecule has 0 saturated carbocycles. The van der Waals surface area contributed by atoms with Crippen LogP contribution in [0.3, 0.4) is 0 Å². The summed E-state index contributed by atoms with van der Waals surface area (Å²) in [6.07, 6.45) is 0. The molecule has 0 aliphatic carbocycles. The summed E-state index contributed by atoms with van der Waals surface area (Å²) in [6.45, 7) is 1.96. The third kappa shape index (κ3) is 3.55. The average molecular weight is 325 g/mol. The van der Waals surface area contributed by atoms with E-state index in [0.717, 1.165) is 38.7 Å². The fourth-order valence-corrected chi connectivity index (χ4v) is 2.74. The number of hydrogen-bond acceptors (Lipinski definition) is 1. The Bertz CT molecular complexity index is 983.